The number of hydrogen-bond donors (Lipinski definition) is 4. The van der Waals surface area contributed by atoms with Crippen molar-refractivity contribution in [3.63, 3.8) is 0 Å². The molecule has 176 valence electrons. The van der Waals surface area contributed by atoms with Crippen molar-refractivity contribution in [1.82, 2.24) is 14.5 Å². The van der Waals surface area contributed by atoms with Crippen molar-refractivity contribution >= 4 is 40.9 Å². The van der Waals surface area contributed by atoms with Crippen LogP contribution in [0.5, 0.6) is 5.75 Å². The van der Waals surface area contributed by atoms with E-state index in [1.165, 1.54) is 7.11 Å². The lowest BCUT2D eigenvalue weighted by Crippen LogP contribution is -2.30. The van der Waals surface area contributed by atoms with E-state index in [2.05, 4.69) is 27.5 Å². The Kier molecular flexibility index (Phi) is 7.01. The number of rotatable bonds is 7. The van der Waals surface area contributed by atoms with Gasteiger partial charge in [0.2, 0.25) is 5.95 Å². The predicted octanol–water partition coefficient (Wildman–Crippen LogP) is 1.99. The second-order valence-electron chi connectivity index (χ2n) is 7.75. The monoisotopic (exact) mass is 469 g/mol. The Balaban J connectivity index is 1.69. The summed E-state index contributed by atoms with van der Waals surface area (Å²) in [7, 11) is 0.000317. The summed E-state index contributed by atoms with van der Waals surface area (Å²) in [5.74, 6) is 6.08. The van der Waals surface area contributed by atoms with E-state index < -0.39 is 7.12 Å². The first kappa shape index (κ1) is 23.8. The molecule has 4 aromatic rings. The normalized spacial score (nSPS) is 10.4. The van der Waals surface area contributed by atoms with Crippen molar-refractivity contribution in [2.75, 3.05) is 17.7 Å². The summed E-state index contributed by atoms with van der Waals surface area (Å²) in [6.45, 7) is 3.93. The van der Waals surface area contributed by atoms with Crippen LogP contribution in [0.25, 0.3) is 16.9 Å². The Labute approximate surface area is 202 Å². The van der Waals surface area contributed by atoms with Gasteiger partial charge in [0.25, 0.3) is 5.91 Å². The second-order valence-corrected chi connectivity index (χ2v) is 7.75. The van der Waals surface area contributed by atoms with Crippen LogP contribution in [0.15, 0.2) is 54.7 Å². The summed E-state index contributed by atoms with van der Waals surface area (Å²) in [6, 6.07) is 14.5. The molecule has 9 nitrogen and oxygen atoms in total. The number of carbonyl (C=O) groups excluding carboxylic acids is 1. The predicted molar refractivity (Wildman–Crippen MR) is 136 cm³/mol. The zero-order valence-electron chi connectivity index (χ0n) is 19.5. The molecule has 0 aliphatic heterocycles. The van der Waals surface area contributed by atoms with Crippen molar-refractivity contribution in [3.05, 3.63) is 66.0 Å². The summed E-state index contributed by atoms with van der Waals surface area (Å²) in [5.41, 5.74) is 3.60. The highest BCUT2D eigenvalue weighted by molar-refractivity contribution is 6.58. The highest BCUT2D eigenvalue weighted by Crippen LogP contribution is 2.30. The zero-order valence-corrected chi connectivity index (χ0v) is 19.5. The molecular formula is C25H24BN5O4. The van der Waals surface area contributed by atoms with Crippen molar-refractivity contribution in [1.29, 1.82) is 0 Å². The van der Waals surface area contributed by atoms with Gasteiger partial charge >= 0.3 is 7.12 Å². The summed E-state index contributed by atoms with van der Waals surface area (Å²) >= 11 is 0. The number of amides is 1. The first-order valence-electron chi connectivity index (χ1n) is 10.9. The highest BCUT2D eigenvalue weighted by Gasteiger charge is 2.16. The quantitative estimate of drug-likeness (QED) is 0.241. The van der Waals surface area contributed by atoms with Crippen LogP contribution in [-0.2, 0) is 11.3 Å². The molecule has 4 N–H and O–H groups in total. The van der Waals surface area contributed by atoms with Crippen molar-refractivity contribution in [3.8, 4) is 23.5 Å². The van der Waals surface area contributed by atoms with Gasteiger partial charge in [-0.3, -0.25) is 9.36 Å². The molecule has 0 spiro atoms. The van der Waals surface area contributed by atoms with Gasteiger partial charge in [-0.1, -0.05) is 36.3 Å². The molecule has 0 atom stereocenters. The fraction of sp³-hybridized carbons (Fsp3) is 0.160. The minimum Gasteiger partial charge on any atom is -0.491 e. The smallest absolute Gasteiger partial charge is 0.488 e. The van der Waals surface area contributed by atoms with E-state index in [4.69, 9.17) is 9.72 Å². The number of benzene rings is 2. The van der Waals surface area contributed by atoms with Crippen LogP contribution in [0.3, 0.4) is 0 Å². The van der Waals surface area contributed by atoms with Gasteiger partial charge in [-0.2, -0.15) is 4.98 Å². The van der Waals surface area contributed by atoms with Gasteiger partial charge < -0.3 is 25.4 Å². The molecule has 2 heterocycles. The maximum atomic E-state index is 12.0. The van der Waals surface area contributed by atoms with E-state index in [-0.39, 0.29) is 5.91 Å². The number of anilines is 2. The standard InChI is InChI=1S/C25H24BN5O4/c1-4-7-23(32)29-20-10-6-11-21-19(20)12-16(2)31(21)25-28-15-22(35-3)24(30-25)27-14-17-8-5-9-18(13-17)26(33)34/h5-6,8-13,15,33-34H,14H2,1-3H3,(H,29,32)(H,27,28,30). The maximum absolute atomic E-state index is 12.0. The van der Waals surface area contributed by atoms with Gasteiger partial charge in [-0.05, 0) is 49.0 Å². The number of nitrogens with zero attached hydrogens (tertiary/aromatic N) is 3. The third-order valence-corrected chi connectivity index (χ3v) is 5.39. The van der Waals surface area contributed by atoms with E-state index >= 15 is 0 Å². The number of hydrogen-bond acceptors (Lipinski definition) is 7. The van der Waals surface area contributed by atoms with Gasteiger partial charge in [0.05, 0.1) is 24.5 Å². The van der Waals surface area contributed by atoms with Gasteiger partial charge in [-0.15, -0.1) is 0 Å². The molecule has 0 saturated carbocycles. The van der Waals surface area contributed by atoms with Gasteiger partial charge in [-0.25, -0.2) is 4.98 Å². The van der Waals surface area contributed by atoms with Gasteiger partial charge in [0, 0.05) is 17.6 Å². The number of aromatic nitrogens is 3. The topological polar surface area (TPSA) is 122 Å². The molecule has 2 aromatic carbocycles. The fourth-order valence-corrected chi connectivity index (χ4v) is 3.80. The summed E-state index contributed by atoms with van der Waals surface area (Å²) in [4.78, 5) is 21.2. The minimum absolute atomic E-state index is 0.379. The first-order valence-corrected chi connectivity index (χ1v) is 10.9. The average Bonchev–Trinajstić information content (AvgIpc) is 3.19. The van der Waals surface area contributed by atoms with Crippen LogP contribution < -0.4 is 20.8 Å². The van der Waals surface area contributed by atoms with Crippen molar-refractivity contribution < 1.29 is 19.6 Å². The molecule has 0 aliphatic carbocycles. The number of nitrogens with one attached hydrogen (secondary N) is 2. The molecule has 35 heavy (non-hydrogen) atoms. The molecule has 10 heteroatoms. The Morgan fingerprint density at radius 2 is 2.00 bits per heavy atom. The van der Waals surface area contributed by atoms with Crippen molar-refractivity contribution in [2.45, 2.75) is 20.4 Å². The SMILES string of the molecule is CC#CC(=O)Nc1cccc2c1cc(C)n2-c1ncc(OC)c(NCc2cccc(B(O)O)c2)n1. The molecule has 0 saturated heterocycles. The molecule has 0 bridgehead atoms. The molecule has 2 aromatic heterocycles. The highest BCUT2D eigenvalue weighted by atomic mass is 16.5. The fourth-order valence-electron chi connectivity index (χ4n) is 3.80. The van der Waals surface area contributed by atoms with Gasteiger partial charge in [0.15, 0.2) is 11.6 Å². The van der Waals surface area contributed by atoms with Crippen LogP contribution in [0, 0.1) is 18.8 Å². The molecule has 0 radical (unpaired) electrons. The number of aryl methyl sites for hydroxylation is 1. The summed E-state index contributed by atoms with van der Waals surface area (Å²) < 4.78 is 7.33. The number of fused-ring (bicyclic) bond motifs is 1. The third-order valence-electron chi connectivity index (χ3n) is 5.39. The lowest BCUT2D eigenvalue weighted by atomic mass is 9.80. The average molecular weight is 469 g/mol. The van der Waals surface area contributed by atoms with E-state index in [0.717, 1.165) is 22.2 Å². The Morgan fingerprint density at radius 1 is 1.20 bits per heavy atom. The van der Waals surface area contributed by atoms with Crippen LogP contribution in [0.4, 0.5) is 11.5 Å². The number of ether oxygens (including phenoxy) is 1. The molecule has 0 unspecified atom stereocenters. The largest absolute Gasteiger partial charge is 0.491 e. The van der Waals surface area contributed by atoms with Crippen LogP contribution in [0.2, 0.25) is 0 Å². The summed E-state index contributed by atoms with van der Waals surface area (Å²) in [6.07, 6.45) is 1.59. The Hall–Kier alpha value is -4.33. The third kappa shape index (κ3) is 5.11. The van der Waals surface area contributed by atoms with E-state index in [1.807, 2.05) is 41.8 Å². The van der Waals surface area contributed by atoms with Gasteiger partial charge in [0.1, 0.15) is 0 Å². The van der Waals surface area contributed by atoms with Crippen LogP contribution >= 0.6 is 0 Å². The zero-order chi connectivity index (χ0) is 24.9. The summed E-state index contributed by atoms with van der Waals surface area (Å²) in [5, 5.41) is 25.8. The molecule has 0 fully saturated rings. The first-order chi connectivity index (χ1) is 16.9. The van der Waals surface area contributed by atoms with Crippen molar-refractivity contribution in [2.24, 2.45) is 0 Å². The minimum atomic E-state index is -1.54. The van der Waals surface area contributed by atoms with E-state index in [9.17, 15) is 14.8 Å². The lowest BCUT2D eigenvalue weighted by molar-refractivity contribution is -0.111. The number of methoxy groups -OCH3 is 1. The van der Waals surface area contributed by atoms with Crippen LogP contribution in [-0.4, -0.2) is 44.7 Å². The Morgan fingerprint density at radius 3 is 2.74 bits per heavy atom. The lowest BCUT2D eigenvalue weighted by Gasteiger charge is -2.13. The number of carbonyl (C=O) groups is 1. The molecule has 0 aliphatic rings. The van der Waals surface area contributed by atoms with E-state index in [1.54, 1.807) is 31.3 Å². The Bertz CT molecular complexity index is 1460. The van der Waals surface area contributed by atoms with Crippen LogP contribution in [0.1, 0.15) is 18.2 Å². The maximum Gasteiger partial charge on any atom is 0.488 e. The van der Waals surface area contributed by atoms with E-state index in [0.29, 0.717) is 35.2 Å². The second kappa shape index (κ2) is 10.3. The molecule has 4 rings (SSSR count). The molecular weight excluding hydrogens is 445 g/mol. The molecule has 1 amide bonds.